The molecule has 0 heterocycles. The second kappa shape index (κ2) is 7.98. The largest absolute Gasteiger partial charge is 0.323 e. The molecule has 2 aromatic carbocycles. The van der Waals surface area contributed by atoms with Crippen molar-refractivity contribution in [2.75, 3.05) is 12.4 Å². The van der Waals surface area contributed by atoms with Gasteiger partial charge in [-0.15, -0.1) is 0 Å². The van der Waals surface area contributed by atoms with Crippen LogP contribution in [-0.4, -0.2) is 19.0 Å². The number of amides is 1. The minimum absolute atomic E-state index is 0.0972. The summed E-state index contributed by atoms with van der Waals surface area (Å²) in [5, 5.41) is 3.40. The van der Waals surface area contributed by atoms with Crippen molar-refractivity contribution in [3.05, 3.63) is 63.4 Å². The first kappa shape index (κ1) is 19.4. The van der Waals surface area contributed by atoms with E-state index in [2.05, 4.69) is 5.32 Å². The minimum Gasteiger partial charge on any atom is -0.323 e. The van der Waals surface area contributed by atoms with Crippen LogP contribution in [0.1, 0.15) is 29.2 Å². The summed E-state index contributed by atoms with van der Waals surface area (Å²) in [4.78, 5) is 13.5. The third-order valence-electron chi connectivity index (χ3n) is 4.58. The third-order valence-corrected chi connectivity index (χ3v) is 4.93. The van der Waals surface area contributed by atoms with E-state index in [4.69, 9.17) is 11.6 Å². The summed E-state index contributed by atoms with van der Waals surface area (Å²) in [5.74, 6) is -0.440. The molecular weight excluding hydrogens is 339 g/mol. The van der Waals surface area contributed by atoms with E-state index in [1.165, 1.54) is 6.07 Å². The molecular formula is C20H25ClFN2O+. The Morgan fingerprint density at radius 1 is 1.24 bits per heavy atom. The quantitative estimate of drug-likeness (QED) is 0.838. The third kappa shape index (κ3) is 4.59. The van der Waals surface area contributed by atoms with Gasteiger partial charge in [0.1, 0.15) is 12.4 Å². The van der Waals surface area contributed by atoms with Crippen LogP contribution in [0, 0.1) is 26.6 Å². The van der Waals surface area contributed by atoms with Crippen LogP contribution < -0.4 is 10.2 Å². The van der Waals surface area contributed by atoms with Gasteiger partial charge in [-0.05, 0) is 51.0 Å². The summed E-state index contributed by atoms with van der Waals surface area (Å²) in [5.41, 5.74) is 4.52. The molecule has 0 bridgehead atoms. The number of aryl methyl sites for hydroxylation is 3. The van der Waals surface area contributed by atoms with Crippen LogP contribution in [0.3, 0.4) is 0 Å². The molecule has 0 spiro atoms. The molecule has 0 fully saturated rings. The monoisotopic (exact) mass is 363 g/mol. The number of benzene rings is 2. The van der Waals surface area contributed by atoms with Gasteiger partial charge in [0.05, 0.1) is 17.6 Å². The van der Waals surface area contributed by atoms with Crippen LogP contribution in [0.5, 0.6) is 0 Å². The first-order valence-corrected chi connectivity index (χ1v) is 8.72. The predicted molar refractivity (Wildman–Crippen MR) is 101 cm³/mol. The Balaban J connectivity index is 2.12. The summed E-state index contributed by atoms with van der Waals surface area (Å²) in [7, 11) is 1.86. The summed E-state index contributed by atoms with van der Waals surface area (Å²) >= 11 is 6.09. The number of anilines is 1. The Morgan fingerprint density at radius 3 is 2.40 bits per heavy atom. The molecule has 0 aliphatic heterocycles. The van der Waals surface area contributed by atoms with Crippen molar-refractivity contribution in [3.63, 3.8) is 0 Å². The van der Waals surface area contributed by atoms with Gasteiger partial charge in [-0.2, -0.15) is 0 Å². The lowest BCUT2D eigenvalue weighted by Gasteiger charge is -2.23. The number of likely N-dealkylation sites (N-methyl/N-ethyl adjacent to an activating group) is 1. The maximum Gasteiger partial charge on any atom is 0.282 e. The molecule has 0 aromatic heterocycles. The average Bonchev–Trinajstić information content (AvgIpc) is 2.53. The highest BCUT2D eigenvalue weighted by molar-refractivity contribution is 6.31. The van der Waals surface area contributed by atoms with Crippen LogP contribution in [0.4, 0.5) is 10.1 Å². The lowest BCUT2D eigenvalue weighted by Crippen LogP contribution is -3.12. The van der Waals surface area contributed by atoms with Gasteiger partial charge in [-0.1, -0.05) is 35.4 Å². The van der Waals surface area contributed by atoms with Crippen LogP contribution in [0.25, 0.3) is 0 Å². The van der Waals surface area contributed by atoms with Gasteiger partial charge in [0.25, 0.3) is 5.91 Å². The summed E-state index contributed by atoms with van der Waals surface area (Å²) in [6.45, 7) is 8.17. The first-order chi connectivity index (χ1) is 11.7. The van der Waals surface area contributed by atoms with E-state index in [1.54, 1.807) is 12.1 Å². The topological polar surface area (TPSA) is 33.5 Å². The highest BCUT2D eigenvalue weighted by Gasteiger charge is 2.24. The molecule has 0 aliphatic carbocycles. The number of hydrogen-bond donors (Lipinski definition) is 2. The van der Waals surface area contributed by atoms with E-state index < -0.39 is 0 Å². The lowest BCUT2D eigenvalue weighted by atomic mass is 10.0. The minimum atomic E-state index is -0.351. The van der Waals surface area contributed by atoms with E-state index in [0.29, 0.717) is 17.1 Å². The van der Waals surface area contributed by atoms with E-state index >= 15 is 0 Å². The number of carbonyl (C=O) groups is 1. The standard InChI is InChI=1S/C20H24ClFN2O/c1-12-9-13(2)19(14(3)10-12)23-20(25)15(4)24(5)11-16-17(21)7-6-8-18(16)22/h6-10,15H,11H2,1-5H3,(H,23,25)/p+1/t15-/m1/s1. The first-order valence-electron chi connectivity index (χ1n) is 8.34. The lowest BCUT2D eigenvalue weighted by molar-refractivity contribution is -0.908. The Bertz CT molecular complexity index is 748. The number of nitrogens with one attached hydrogen (secondary N) is 2. The van der Waals surface area contributed by atoms with Crippen molar-refractivity contribution in [1.29, 1.82) is 0 Å². The molecule has 0 saturated carbocycles. The maximum absolute atomic E-state index is 14.0. The van der Waals surface area contributed by atoms with Gasteiger partial charge in [-0.3, -0.25) is 4.79 Å². The van der Waals surface area contributed by atoms with Gasteiger partial charge < -0.3 is 10.2 Å². The average molecular weight is 364 g/mol. The van der Waals surface area contributed by atoms with Crippen LogP contribution in [0.2, 0.25) is 5.02 Å². The normalized spacial score (nSPS) is 13.4. The van der Waals surface area contributed by atoms with E-state index in [1.807, 2.05) is 46.9 Å². The number of carbonyl (C=O) groups excluding carboxylic acids is 1. The highest BCUT2D eigenvalue weighted by Crippen LogP contribution is 2.22. The number of quaternary nitrogens is 1. The fourth-order valence-corrected chi connectivity index (χ4v) is 3.20. The summed E-state index contributed by atoms with van der Waals surface area (Å²) in [6.07, 6.45) is 0. The van der Waals surface area contributed by atoms with Crippen molar-refractivity contribution in [2.24, 2.45) is 0 Å². The highest BCUT2D eigenvalue weighted by atomic mass is 35.5. The van der Waals surface area contributed by atoms with E-state index in [-0.39, 0.29) is 17.8 Å². The summed E-state index contributed by atoms with van der Waals surface area (Å²) < 4.78 is 14.0. The zero-order chi connectivity index (χ0) is 18.7. The van der Waals surface area contributed by atoms with Gasteiger partial charge in [-0.25, -0.2) is 4.39 Å². The van der Waals surface area contributed by atoms with Gasteiger partial charge >= 0.3 is 0 Å². The molecule has 5 heteroatoms. The van der Waals surface area contributed by atoms with Crippen molar-refractivity contribution in [1.82, 2.24) is 0 Å². The second-order valence-corrected chi connectivity index (χ2v) is 7.12. The van der Waals surface area contributed by atoms with Crippen molar-refractivity contribution in [3.8, 4) is 0 Å². The van der Waals surface area contributed by atoms with Crippen LogP contribution >= 0.6 is 11.6 Å². The predicted octanol–water partition coefficient (Wildman–Crippen LogP) is 3.45. The summed E-state index contributed by atoms with van der Waals surface area (Å²) in [6, 6.07) is 8.37. The molecule has 1 amide bonds. The number of halogens is 2. The number of rotatable bonds is 5. The van der Waals surface area contributed by atoms with Crippen LogP contribution in [0.15, 0.2) is 30.3 Å². The van der Waals surface area contributed by atoms with Gasteiger partial charge in [0, 0.05) is 5.69 Å². The van der Waals surface area contributed by atoms with Crippen molar-refractivity contribution in [2.45, 2.75) is 40.3 Å². The second-order valence-electron chi connectivity index (χ2n) is 6.71. The zero-order valence-corrected chi connectivity index (χ0v) is 16.1. The molecule has 2 rings (SSSR count). The fourth-order valence-electron chi connectivity index (χ4n) is 2.97. The van der Waals surface area contributed by atoms with E-state index in [9.17, 15) is 9.18 Å². The molecule has 0 radical (unpaired) electrons. The van der Waals surface area contributed by atoms with Crippen molar-refractivity contribution >= 4 is 23.2 Å². The Kier molecular flexibility index (Phi) is 6.20. The fraction of sp³-hybridized carbons (Fsp3) is 0.350. The Labute approximate surface area is 153 Å². The Morgan fingerprint density at radius 2 is 1.84 bits per heavy atom. The van der Waals surface area contributed by atoms with Gasteiger partial charge in [0.15, 0.2) is 6.04 Å². The van der Waals surface area contributed by atoms with E-state index in [0.717, 1.165) is 27.3 Å². The smallest absolute Gasteiger partial charge is 0.282 e. The zero-order valence-electron chi connectivity index (χ0n) is 15.3. The molecule has 0 aliphatic rings. The molecule has 0 saturated heterocycles. The van der Waals surface area contributed by atoms with Crippen LogP contribution in [-0.2, 0) is 11.3 Å². The molecule has 3 nitrogen and oxygen atoms in total. The molecule has 2 atom stereocenters. The van der Waals surface area contributed by atoms with Gasteiger partial charge in [0.2, 0.25) is 0 Å². The number of hydrogen-bond acceptors (Lipinski definition) is 1. The Hall–Kier alpha value is -1.91. The maximum atomic E-state index is 14.0. The molecule has 25 heavy (non-hydrogen) atoms. The van der Waals surface area contributed by atoms with Crippen molar-refractivity contribution < 1.29 is 14.1 Å². The molecule has 134 valence electrons. The molecule has 1 unspecified atom stereocenters. The SMILES string of the molecule is Cc1cc(C)c(NC(=O)[C@@H](C)[NH+](C)Cc2c(F)cccc2Cl)c(C)c1. The molecule has 2 N–H and O–H groups in total. The molecule has 2 aromatic rings.